The number of nitrogens with zero attached hydrogens (tertiary/aromatic N) is 2. The van der Waals surface area contributed by atoms with E-state index in [0.29, 0.717) is 16.8 Å². The molecule has 0 radical (unpaired) electrons. The number of carboxylic acids is 1. The number of halogens is 1. The normalized spacial score (nSPS) is 10.9. The van der Waals surface area contributed by atoms with Crippen LogP contribution >= 0.6 is 0 Å². The van der Waals surface area contributed by atoms with Gasteiger partial charge >= 0.3 is 5.97 Å². The van der Waals surface area contributed by atoms with Gasteiger partial charge in [0, 0.05) is 5.56 Å². The van der Waals surface area contributed by atoms with Gasteiger partial charge in [0.05, 0.1) is 22.3 Å². The van der Waals surface area contributed by atoms with E-state index in [0.717, 1.165) is 5.52 Å². The van der Waals surface area contributed by atoms with E-state index in [2.05, 4.69) is 4.98 Å². The Bertz CT molecular complexity index is 824. The van der Waals surface area contributed by atoms with Crippen molar-refractivity contribution in [1.82, 2.24) is 9.55 Å². The van der Waals surface area contributed by atoms with Gasteiger partial charge in [0.15, 0.2) is 0 Å². The van der Waals surface area contributed by atoms with Crippen LogP contribution in [0.25, 0.3) is 16.7 Å². The molecular formula is C15H11FN2O2. The zero-order valence-electron chi connectivity index (χ0n) is 10.7. The van der Waals surface area contributed by atoms with E-state index in [9.17, 15) is 9.18 Å². The number of hydrogen-bond donors (Lipinski definition) is 1. The highest BCUT2D eigenvalue weighted by Crippen LogP contribution is 2.23. The van der Waals surface area contributed by atoms with Crippen LogP contribution in [0.15, 0.2) is 42.7 Å². The van der Waals surface area contributed by atoms with E-state index in [4.69, 9.17) is 5.11 Å². The zero-order valence-corrected chi connectivity index (χ0v) is 10.7. The first-order valence-corrected chi connectivity index (χ1v) is 6.04. The van der Waals surface area contributed by atoms with Crippen molar-refractivity contribution < 1.29 is 14.3 Å². The van der Waals surface area contributed by atoms with Crippen molar-refractivity contribution in [3.8, 4) is 5.69 Å². The monoisotopic (exact) mass is 270 g/mol. The summed E-state index contributed by atoms with van der Waals surface area (Å²) in [5, 5.41) is 8.96. The van der Waals surface area contributed by atoms with Gasteiger partial charge in [0.2, 0.25) is 0 Å². The van der Waals surface area contributed by atoms with E-state index in [1.165, 1.54) is 18.2 Å². The molecule has 3 rings (SSSR count). The summed E-state index contributed by atoms with van der Waals surface area (Å²) in [4.78, 5) is 15.1. The van der Waals surface area contributed by atoms with Gasteiger partial charge < -0.3 is 5.11 Å². The van der Waals surface area contributed by atoms with Crippen molar-refractivity contribution in [3.05, 3.63) is 59.7 Å². The number of carbonyl (C=O) groups is 1. The Balaban J connectivity index is 2.23. The molecule has 5 heteroatoms. The number of aromatic carboxylic acids is 1. The summed E-state index contributed by atoms with van der Waals surface area (Å²) < 4.78 is 15.4. The molecule has 0 unspecified atom stereocenters. The third-order valence-corrected chi connectivity index (χ3v) is 3.29. The topological polar surface area (TPSA) is 55.1 Å². The molecule has 1 heterocycles. The number of aromatic nitrogens is 2. The molecule has 3 aromatic rings. The third kappa shape index (κ3) is 1.84. The fourth-order valence-electron chi connectivity index (χ4n) is 2.19. The first kappa shape index (κ1) is 12.3. The number of carboxylic acid groups (broad SMARTS) is 1. The van der Waals surface area contributed by atoms with Crippen LogP contribution in [0.5, 0.6) is 0 Å². The molecule has 1 N–H and O–H groups in total. The fourth-order valence-corrected chi connectivity index (χ4v) is 2.19. The van der Waals surface area contributed by atoms with Gasteiger partial charge in [-0.2, -0.15) is 0 Å². The quantitative estimate of drug-likeness (QED) is 0.778. The van der Waals surface area contributed by atoms with Crippen LogP contribution in [0.2, 0.25) is 0 Å². The molecule has 0 spiro atoms. The Kier molecular flexibility index (Phi) is 2.75. The average Bonchev–Trinajstić information content (AvgIpc) is 2.84. The number of rotatable bonds is 2. The summed E-state index contributed by atoms with van der Waals surface area (Å²) in [6.45, 7) is 1.70. The summed E-state index contributed by atoms with van der Waals surface area (Å²) in [6.07, 6.45) is 1.57. The van der Waals surface area contributed by atoms with E-state index >= 15 is 0 Å². The Labute approximate surface area is 114 Å². The van der Waals surface area contributed by atoms with Crippen molar-refractivity contribution in [3.63, 3.8) is 0 Å². The van der Waals surface area contributed by atoms with E-state index < -0.39 is 5.97 Å². The summed E-state index contributed by atoms with van der Waals surface area (Å²) in [6, 6.07) is 9.52. The van der Waals surface area contributed by atoms with Crippen LogP contribution in [0.1, 0.15) is 15.9 Å². The van der Waals surface area contributed by atoms with Crippen molar-refractivity contribution >= 4 is 17.0 Å². The molecule has 0 saturated heterocycles. The molecule has 0 aliphatic heterocycles. The molecule has 20 heavy (non-hydrogen) atoms. The highest BCUT2D eigenvalue weighted by atomic mass is 19.1. The first-order valence-electron chi connectivity index (χ1n) is 6.04. The number of imidazole rings is 1. The highest BCUT2D eigenvalue weighted by molar-refractivity contribution is 5.92. The average molecular weight is 270 g/mol. The van der Waals surface area contributed by atoms with Gasteiger partial charge in [-0.15, -0.1) is 0 Å². The van der Waals surface area contributed by atoms with Crippen LogP contribution in [0.3, 0.4) is 0 Å². The third-order valence-electron chi connectivity index (χ3n) is 3.29. The number of hydrogen-bond acceptors (Lipinski definition) is 2. The maximum absolute atomic E-state index is 13.6. The molecule has 0 amide bonds. The van der Waals surface area contributed by atoms with Crippen molar-refractivity contribution in [2.75, 3.05) is 0 Å². The lowest BCUT2D eigenvalue weighted by Gasteiger charge is -2.08. The molecular weight excluding hydrogens is 259 g/mol. The second-order valence-electron chi connectivity index (χ2n) is 4.51. The second kappa shape index (κ2) is 4.45. The molecule has 0 fully saturated rings. The summed E-state index contributed by atoms with van der Waals surface area (Å²) >= 11 is 0. The van der Waals surface area contributed by atoms with Gasteiger partial charge in [-0.3, -0.25) is 4.57 Å². The summed E-state index contributed by atoms with van der Waals surface area (Å²) in [5.41, 5.74) is 2.70. The maximum Gasteiger partial charge on any atom is 0.335 e. The van der Waals surface area contributed by atoms with Crippen LogP contribution in [0.4, 0.5) is 4.39 Å². The lowest BCUT2D eigenvalue weighted by Crippen LogP contribution is -1.98. The van der Waals surface area contributed by atoms with Crippen LogP contribution in [-0.4, -0.2) is 20.6 Å². The van der Waals surface area contributed by atoms with Crippen LogP contribution in [-0.2, 0) is 0 Å². The van der Waals surface area contributed by atoms with E-state index in [1.807, 2.05) is 0 Å². The molecule has 1 aromatic heterocycles. The minimum atomic E-state index is -0.997. The molecule has 4 nitrogen and oxygen atoms in total. The Morgan fingerprint density at radius 2 is 2.10 bits per heavy atom. The highest BCUT2D eigenvalue weighted by Gasteiger charge is 2.11. The van der Waals surface area contributed by atoms with Crippen LogP contribution in [0, 0.1) is 12.7 Å². The van der Waals surface area contributed by atoms with Crippen molar-refractivity contribution in [2.45, 2.75) is 6.92 Å². The molecule has 0 bridgehead atoms. The molecule has 0 aliphatic carbocycles. The lowest BCUT2D eigenvalue weighted by atomic mass is 10.1. The largest absolute Gasteiger partial charge is 0.478 e. The van der Waals surface area contributed by atoms with Gasteiger partial charge in [0.1, 0.15) is 12.1 Å². The number of fused-ring (bicyclic) bond motifs is 1. The molecule has 0 atom stereocenters. The Morgan fingerprint density at radius 3 is 2.85 bits per heavy atom. The summed E-state index contributed by atoms with van der Waals surface area (Å²) in [7, 11) is 0. The minimum Gasteiger partial charge on any atom is -0.478 e. The van der Waals surface area contributed by atoms with Gasteiger partial charge in [-0.05, 0) is 37.3 Å². The van der Waals surface area contributed by atoms with Crippen LogP contribution < -0.4 is 0 Å². The second-order valence-corrected chi connectivity index (χ2v) is 4.51. The molecule has 0 aliphatic rings. The minimum absolute atomic E-state index is 0.179. The van der Waals surface area contributed by atoms with Crippen molar-refractivity contribution in [2.24, 2.45) is 0 Å². The fraction of sp³-hybridized carbons (Fsp3) is 0.0667. The molecule has 0 saturated carbocycles. The SMILES string of the molecule is Cc1c(F)cccc1-n1cnc2cc(C(=O)O)ccc21. The smallest absolute Gasteiger partial charge is 0.335 e. The standard InChI is InChI=1S/C15H11FN2O2/c1-9-11(16)3-2-4-13(9)18-8-17-12-7-10(15(19)20)5-6-14(12)18/h2-8H,1H3,(H,19,20). The van der Waals surface area contributed by atoms with Gasteiger partial charge in [0.25, 0.3) is 0 Å². The van der Waals surface area contributed by atoms with E-state index in [1.54, 1.807) is 36.0 Å². The molecule has 2 aromatic carbocycles. The lowest BCUT2D eigenvalue weighted by molar-refractivity contribution is 0.0697. The predicted octanol–water partition coefficient (Wildman–Crippen LogP) is 3.17. The Morgan fingerprint density at radius 1 is 1.30 bits per heavy atom. The van der Waals surface area contributed by atoms with E-state index in [-0.39, 0.29) is 11.4 Å². The zero-order chi connectivity index (χ0) is 14.3. The first-order chi connectivity index (χ1) is 9.58. The van der Waals surface area contributed by atoms with Crippen molar-refractivity contribution in [1.29, 1.82) is 0 Å². The Hall–Kier alpha value is -2.69. The predicted molar refractivity (Wildman–Crippen MR) is 72.7 cm³/mol. The summed E-state index contributed by atoms with van der Waals surface area (Å²) in [5.74, 6) is -1.28. The van der Waals surface area contributed by atoms with Gasteiger partial charge in [-0.1, -0.05) is 6.07 Å². The molecule has 100 valence electrons. The number of benzene rings is 2. The maximum atomic E-state index is 13.6. The van der Waals surface area contributed by atoms with Gasteiger partial charge in [-0.25, -0.2) is 14.2 Å².